The van der Waals surface area contributed by atoms with Crippen LogP contribution in [0.3, 0.4) is 0 Å². The molecule has 0 amide bonds. The van der Waals surface area contributed by atoms with Gasteiger partial charge in [-0.2, -0.15) is 0 Å². The molecule has 12 heavy (non-hydrogen) atoms. The number of hydrogen-bond acceptors (Lipinski definition) is 6. The molecule has 0 aliphatic carbocycles. The third-order valence-electron chi connectivity index (χ3n) is 1.00. The molecule has 0 bridgehead atoms. The van der Waals surface area contributed by atoms with Gasteiger partial charge in [0, 0.05) is 0 Å². The molecule has 0 aromatic heterocycles. The monoisotopic (exact) mass is 180 g/mol. The summed E-state index contributed by atoms with van der Waals surface area (Å²) in [6.07, 6.45) is -4.43. The van der Waals surface area contributed by atoms with E-state index in [1.807, 2.05) is 0 Å². The maximum atomic E-state index is 10.4. The van der Waals surface area contributed by atoms with E-state index in [0.717, 1.165) is 0 Å². The lowest BCUT2D eigenvalue weighted by molar-refractivity contribution is -0.175. The highest BCUT2D eigenvalue weighted by Crippen LogP contribution is 1.96. The fourth-order valence-electron chi connectivity index (χ4n) is 0.413. The van der Waals surface area contributed by atoms with Crippen molar-refractivity contribution in [1.82, 2.24) is 0 Å². The average Bonchev–Trinajstić information content (AvgIpc) is 2.02. The molecule has 0 aromatic carbocycles. The van der Waals surface area contributed by atoms with Crippen LogP contribution in [0.4, 0.5) is 0 Å². The molecule has 7 nitrogen and oxygen atoms in total. The van der Waals surface area contributed by atoms with Gasteiger partial charge in [-0.1, -0.05) is 0 Å². The van der Waals surface area contributed by atoms with Gasteiger partial charge in [0.2, 0.25) is 0 Å². The lowest BCUT2D eigenvalue weighted by Crippen LogP contribution is -2.40. The number of carbonyl (C=O) groups is 2. The number of rotatable bonds is 4. The van der Waals surface area contributed by atoms with Crippen LogP contribution in [0.25, 0.3) is 0 Å². The Bertz CT molecular complexity index is 177. The highest BCUT2D eigenvalue weighted by Gasteiger charge is 2.31. The van der Waals surface area contributed by atoms with Gasteiger partial charge >= 0.3 is 11.9 Å². The molecule has 2 unspecified atom stereocenters. The number of carboxylic acids is 1. The first kappa shape index (κ1) is 10.8. The van der Waals surface area contributed by atoms with E-state index in [-0.39, 0.29) is 0 Å². The lowest BCUT2D eigenvalue weighted by atomic mass is 10.2. The maximum absolute atomic E-state index is 10.4. The SMILES string of the molecule is O=C(O)C(O)C(O)C(=O)OCO. The fraction of sp³-hybridized carbons (Fsp3) is 0.600. The second-order valence-electron chi connectivity index (χ2n) is 1.82. The van der Waals surface area contributed by atoms with E-state index < -0.39 is 30.9 Å². The zero-order valence-electron chi connectivity index (χ0n) is 5.88. The predicted octanol–water partition coefficient (Wildman–Crippen LogP) is -2.71. The first-order chi connectivity index (χ1) is 5.50. The largest absolute Gasteiger partial charge is 0.479 e. The summed E-state index contributed by atoms with van der Waals surface area (Å²) in [7, 11) is 0. The van der Waals surface area contributed by atoms with Crippen LogP contribution < -0.4 is 0 Å². The predicted molar refractivity (Wildman–Crippen MR) is 32.8 cm³/mol. The van der Waals surface area contributed by atoms with Crippen LogP contribution in [0.1, 0.15) is 0 Å². The summed E-state index contributed by atoms with van der Waals surface area (Å²) in [5.41, 5.74) is 0. The highest BCUT2D eigenvalue weighted by atomic mass is 16.6. The molecule has 0 spiro atoms. The fourth-order valence-corrected chi connectivity index (χ4v) is 0.413. The van der Waals surface area contributed by atoms with Crippen molar-refractivity contribution in [2.75, 3.05) is 6.79 Å². The lowest BCUT2D eigenvalue weighted by Gasteiger charge is -2.11. The minimum atomic E-state index is -2.25. The maximum Gasteiger partial charge on any atom is 0.340 e. The first-order valence-corrected chi connectivity index (χ1v) is 2.87. The molecule has 0 heterocycles. The second kappa shape index (κ2) is 4.65. The Morgan fingerprint density at radius 3 is 2.08 bits per heavy atom. The molecule has 0 radical (unpaired) electrons. The first-order valence-electron chi connectivity index (χ1n) is 2.87. The van der Waals surface area contributed by atoms with Gasteiger partial charge in [0.15, 0.2) is 19.0 Å². The van der Waals surface area contributed by atoms with E-state index >= 15 is 0 Å². The van der Waals surface area contributed by atoms with E-state index in [0.29, 0.717) is 0 Å². The van der Waals surface area contributed by atoms with Crippen molar-refractivity contribution < 1.29 is 34.8 Å². The molecule has 0 aliphatic heterocycles. The molecule has 4 N–H and O–H groups in total. The number of carboxylic acid groups (broad SMARTS) is 1. The standard InChI is InChI=1S/C5H8O7/c6-1-12-5(11)3(8)2(7)4(9)10/h2-3,6-8H,1H2,(H,9,10). The minimum absolute atomic E-state index is 0.984. The van der Waals surface area contributed by atoms with E-state index in [1.165, 1.54) is 0 Å². The Balaban J connectivity index is 4.09. The summed E-state index contributed by atoms with van der Waals surface area (Å²) in [5.74, 6) is -3.15. The van der Waals surface area contributed by atoms with E-state index in [2.05, 4.69) is 4.74 Å². The number of hydrogen-bond donors (Lipinski definition) is 4. The Morgan fingerprint density at radius 2 is 1.75 bits per heavy atom. The van der Waals surface area contributed by atoms with Crippen molar-refractivity contribution in [2.24, 2.45) is 0 Å². The zero-order chi connectivity index (χ0) is 9.72. The Morgan fingerprint density at radius 1 is 1.25 bits per heavy atom. The number of carbonyl (C=O) groups excluding carboxylic acids is 1. The van der Waals surface area contributed by atoms with Gasteiger partial charge in [0.1, 0.15) is 0 Å². The number of esters is 1. The quantitative estimate of drug-likeness (QED) is 0.274. The van der Waals surface area contributed by atoms with Crippen molar-refractivity contribution in [3.05, 3.63) is 0 Å². The number of aliphatic hydroxyl groups excluding tert-OH is 3. The van der Waals surface area contributed by atoms with Crippen LogP contribution in [0, 0.1) is 0 Å². The number of ether oxygens (including phenoxy) is 1. The molecular weight excluding hydrogens is 172 g/mol. The van der Waals surface area contributed by atoms with E-state index in [1.54, 1.807) is 0 Å². The van der Waals surface area contributed by atoms with Crippen molar-refractivity contribution in [2.45, 2.75) is 12.2 Å². The van der Waals surface area contributed by atoms with Gasteiger partial charge in [-0.25, -0.2) is 9.59 Å². The summed E-state index contributed by atoms with van der Waals surface area (Å²) in [6, 6.07) is 0. The van der Waals surface area contributed by atoms with Crippen molar-refractivity contribution in [1.29, 1.82) is 0 Å². The van der Waals surface area contributed by atoms with Gasteiger partial charge in [-0.15, -0.1) is 0 Å². The molecule has 2 atom stereocenters. The van der Waals surface area contributed by atoms with Gasteiger partial charge in [-0.3, -0.25) is 0 Å². The molecule has 0 aromatic rings. The molecule has 0 fully saturated rings. The van der Waals surface area contributed by atoms with Crippen molar-refractivity contribution in [3.8, 4) is 0 Å². The van der Waals surface area contributed by atoms with Gasteiger partial charge < -0.3 is 25.2 Å². The summed E-state index contributed by atoms with van der Waals surface area (Å²) in [6.45, 7) is -0.984. The number of aliphatic carboxylic acids is 1. The molecule has 0 saturated carbocycles. The molecular formula is C5H8O7. The minimum Gasteiger partial charge on any atom is -0.479 e. The zero-order valence-corrected chi connectivity index (χ0v) is 5.88. The summed E-state index contributed by atoms with van der Waals surface area (Å²) < 4.78 is 3.82. The molecule has 7 heteroatoms. The van der Waals surface area contributed by atoms with Gasteiger partial charge in [0.25, 0.3) is 0 Å². The van der Waals surface area contributed by atoms with Crippen LogP contribution in [-0.4, -0.2) is 51.4 Å². The summed E-state index contributed by atoms with van der Waals surface area (Å²) in [5, 5.41) is 33.3. The van der Waals surface area contributed by atoms with Crippen LogP contribution in [0.5, 0.6) is 0 Å². The molecule has 0 aliphatic rings. The molecule has 0 rings (SSSR count). The van der Waals surface area contributed by atoms with Crippen LogP contribution in [0.15, 0.2) is 0 Å². The van der Waals surface area contributed by atoms with Gasteiger partial charge in [0.05, 0.1) is 0 Å². The average molecular weight is 180 g/mol. The highest BCUT2D eigenvalue weighted by molar-refractivity contribution is 5.84. The normalized spacial score (nSPS) is 14.9. The Labute approximate surface area is 66.8 Å². The van der Waals surface area contributed by atoms with Crippen molar-refractivity contribution >= 4 is 11.9 Å². The summed E-state index contributed by atoms with van der Waals surface area (Å²) >= 11 is 0. The second-order valence-corrected chi connectivity index (χ2v) is 1.82. The van der Waals surface area contributed by atoms with E-state index in [9.17, 15) is 9.59 Å². The van der Waals surface area contributed by atoms with Crippen LogP contribution >= 0.6 is 0 Å². The van der Waals surface area contributed by atoms with Crippen LogP contribution in [-0.2, 0) is 14.3 Å². The smallest absolute Gasteiger partial charge is 0.340 e. The topological polar surface area (TPSA) is 124 Å². The van der Waals surface area contributed by atoms with E-state index in [4.69, 9.17) is 20.4 Å². The Hall–Kier alpha value is -1.18. The van der Waals surface area contributed by atoms with Crippen molar-refractivity contribution in [3.63, 3.8) is 0 Å². The third kappa shape index (κ3) is 2.82. The van der Waals surface area contributed by atoms with Gasteiger partial charge in [-0.05, 0) is 0 Å². The molecule has 0 saturated heterocycles. The number of aliphatic hydroxyl groups is 3. The third-order valence-corrected chi connectivity index (χ3v) is 1.00. The Kier molecular flexibility index (Phi) is 4.19. The summed E-state index contributed by atoms with van der Waals surface area (Å²) in [4.78, 5) is 20.4. The molecule has 70 valence electrons. The van der Waals surface area contributed by atoms with Crippen LogP contribution in [0.2, 0.25) is 0 Å².